The van der Waals surface area contributed by atoms with E-state index < -0.39 is 0 Å². The van der Waals surface area contributed by atoms with E-state index in [4.69, 9.17) is 0 Å². The molecule has 164 valence electrons. The number of aryl methyl sites for hydroxylation is 1. The number of aromatic hydroxyl groups is 2. The van der Waals surface area contributed by atoms with Crippen molar-refractivity contribution >= 4 is 0 Å². The summed E-state index contributed by atoms with van der Waals surface area (Å²) in [6.07, 6.45) is 29.5. The van der Waals surface area contributed by atoms with Gasteiger partial charge in [0.1, 0.15) is 11.5 Å². The van der Waals surface area contributed by atoms with Crippen LogP contribution in [0, 0.1) is 0 Å². The van der Waals surface area contributed by atoms with Gasteiger partial charge in [-0.15, -0.1) is 0 Å². The predicted molar refractivity (Wildman–Crippen MR) is 127 cm³/mol. The van der Waals surface area contributed by atoms with E-state index in [0.717, 1.165) is 24.8 Å². The average Bonchev–Trinajstić information content (AvgIpc) is 2.69. The van der Waals surface area contributed by atoms with Crippen molar-refractivity contribution in [1.29, 1.82) is 0 Å². The van der Waals surface area contributed by atoms with E-state index in [0.29, 0.717) is 0 Å². The van der Waals surface area contributed by atoms with Crippen molar-refractivity contribution in [3.8, 4) is 11.5 Å². The molecule has 0 bridgehead atoms. The fraction of sp³-hybridized carbons (Fsp3) is 0.630. The highest BCUT2D eigenvalue weighted by atomic mass is 16.3. The predicted octanol–water partition coefficient (Wildman–Crippen LogP) is 8.62. The van der Waals surface area contributed by atoms with Crippen LogP contribution in [0.25, 0.3) is 0 Å². The number of hydrogen-bond donors (Lipinski definition) is 2. The molecular formula is C27H44O2. The molecule has 0 aliphatic heterocycles. The third-order valence-electron chi connectivity index (χ3n) is 5.38. The van der Waals surface area contributed by atoms with Crippen molar-refractivity contribution in [3.05, 3.63) is 48.1 Å². The van der Waals surface area contributed by atoms with Crippen LogP contribution >= 0.6 is 0 Å². The first-order valence-corrected chi connectivity index (χ1v) is 12.0. The van der Waals surface area contributed by atoms with E-state index in [9.17, 15) is 10.2 Å². The Bertz CT molecular complexity index is 539. The number of hydrogen-bond acceptors (Lipinski definition) is 2. The van der Waals surface area contributed by atoms with Gasteiger partial charge in [0.05, 0.1) is 0 Å². The van der Waals surface area contributed by atoms with Gasteiger partial charge in [-0.1, -0.05) is 89.0 Å². The van der Waals surface area contributed by atoms with Crippen LogP contribution in [0.1, 0.15) is 109 Å². The van der Waals surface area contributed by atoms with E-state index in [2.05, 4.69) is 31.2 Å². The Balaban J connectivity index is 1.82. The van der Waals surface area contributed by atoms with Crippen LogP contribution in [0.5, 0.6) is 11.5 Å². The lowest BCUT2D eigenvalue weighted by Crippen LogP contribution is -1.87. The fourth-order valence-electron chi connectivity index (χ4n) is 3.65. The summed E-state index contributed by atoms with van der Waals surface area (Å²) in [5.41, 5.74) is 1.03. The molecule has 0 fully saturated rings. The second-order valence-corrected chi connectivity index (χ2v) is 8.25. The Kier molecular flexibility index (Phi) is 16.0. The third kappa shape index (κ3) is 15.9. The van der Waals surface area contributed by atoms with Gasteiger partial charge >= 0.3 is 0 Å². The molecule has 2 heteroatoms. The van der Waals surface area contributed by atoms with E-state index in [-0.39, 0.29) is 11.5 Å². The van der Waals surface area contributed by atoms with Crippen molar-refractivity contribution in [2.75, 3.05) is 0 Å². The molecule has 0 aliphatic carbocycles. The number of phenols is 2. The molecule has 0 saturated carbocycles. The standard InChI is InChI=1S/C27H44O2/c1-2-3-4-5-6-7-8-9-10-11-12-13-14-15-16-17-18-19-20-21-25-22-26(28)24-27(29)23-25/h6-7,9-10,22-24,28-29H,2-5,8,11-21H2,1H3/b7-6-,10-9-. The van der Waals surface area contributed by atoms with Crippen LogP contribution in [-0.4, -0.2) is 10.2 Å². The maximum absolute atomic E-state index is 9.49. The topological polar surface area (TPSA) is 40.5 Å². The number of allylic oxidation sites excluding steroid dienone is 4. The van der Waals surface area contributed by atoms with Crippen LogP contribution in [0.2, 0.25) is 0 Å². The molecule has 0 atom stereocenters. The molecule has 0 heterocycles. The Morgan fingerprint density at radius 1 is 0.586 bits per heavy atom. The van der Waals surface area contributed by atoms with Gasteiger partial charge in [0, 0.05) is 6.07 Å². The summed E-state index contributed by atoms with van der Waals surface area (Å²) in [6.45, 7) is 2.25. The van der Waals surface area contributed by atoms with Crippen LogP contribution in [-0.2, 0) is 6.42 Å². The van der Waals surface area contributed by atoms with Gasteiger partial charge < -0.3 is 10.2 Å². The fourth-order valence-corrected chi connectivity index (χ4v) is 3.65. The normalized spacial score (nSPS) is 11.8. The first-order valence-electron chi connectivity index (χ1n) is 12.0. The Labute approximate surface area is 179 Å². The van der Waals surface area contributed by atoms with Crippen molar-refractivity contribution in [3.63, 3.8) is 0 Å². The van der Waals surface area contributed by atoms with Gasteiger partial charge in [0.2, 0.25) is 0 Å². The number of phenolic OH excluding ortho intramolecular Hbond substituents is 2. The molecule has 0 saturated heterocycles. The van der Waals surface area contributed by atoms with Gasteiger partial charge in [-0.05, 0) is 62.6 Å². The summed E-state index contributed by atoms with van der Waals surface area (Å²) >= 11 is 0. The molecule has 0 unspecified atom stereocenters. The molecular weight excluding hydrogens is 356 g/mol. The van der Waals surface area contributed by atoms with Crippen molar-refractivity contribution in [2.24, 2.45) is 0 Å². The van der Waals surface area contributed by atoms with E-state index in [1.54, 1.807) is 12.1 Å². The van der Waals surface area contributed by atoms with Gasteiger partial charge in [-0.2, -0.15) is 0 Å². The molecule has 2 N–H and O–H groups in total. The smallest absolute Gasteiger partial charge is 0.119 e. The van der Waals surface area contributed by atoms with Crippen LogP contribution in [0.4, 0.5) is 0 Å². The first kappa shape index (κ1) is 25.3. The second-order valence-electron chi connectivity index (χ2n) is 8.25. The minimum Gasteiger partial charge on any atom is -0.508 e. The number of unbranched alkanes of at least 4 members (excludes halogenated alkanes) is 12. The van der Waals surface area contributed by atoms with E-state index in [1.807, 2.05) is 0 Å². The molecule has 1 aromatic rings. The minimum atomic E-state index is 0.158. The van der Waals surface area contributed by atoms with Gasteiger partial charge in [-0.25, -0.2) is 0 Å². The lowest BCUT2D eigenvalue weighted by molar-refractivity contribution is 0.449. The second kappa shape index (κ2) is 18.3. The minimum absolute atomic E-state index is 0.158. The average molecular weight is 401 g/mol. The quantitative estimate of drug-likeness (QED) is 0.191. The van der Waals surface area contributed by atoms with E-state index in [1.165, 1.54) is 89.5 Å². The molecule has 29 heavy (non-hydrogen) atoms. The zero-order valence-corrected chi connectivity index (χ0v) is 18.7. The summed E-state index contributed by atoms with van der Waals surface area (Å²) in [4.78, 5) is 0. The molecule has 0 radical (unpaired) electrons. The van der Waals surface area contributed by atoms with Crippen molar-refractivity contribution in [2.45, 2.75) is 110 Å². The molecule has 0 amide bonds. The SMILES string of the molecule is CCCCC/C=C\C/C=C\CCCCCCCCCCCc1cc(O)cc(O)c1. The number of benzene rings is 1. The lowest BCUT2D eigenvalue weighted by atomic mass is 10.0. The molecule has 2 nitrogen and oxygen atoms in total. The van der Waals surface area contributed by atoms with Gasteiger partial charge in [0.25, 0.3) is 0 Å². The summed E-state index contributed by atoms with van der Waals surface area (Å²) in [6, 6.07) is 4.88. The maximum atomic E-state index is 9.49. The largest absolute Gasteiger partial charge is 0.508 e. The summed E-state index contributed by atoms with van der Waals surface area (Å²) in [7, 11) is 0. The Morgan fingerprint density at radius 3 is 1.62 bits per heavy atom. The van der Waals surface area contributed by atoms with Crippen molar-refractivity contribution in [1.82, 2.24) is 0 Å². The highest BCUT2D eigenvalue weighted by Crippen LogP contribution is 2.22. The molecule has 1 aromatic carbocycles. The number of rotatable bonds is 18. The third-order valence-corrected chi connectivity index (χ3v) is 5.38. The molecule has 0 aromatic heterocycles. The highest BCUT2D eigenvalue weighted by Gasteiger charge is 1.99. The lowest BCUT2D eigenvalue weighted by Gasteiger charge is -2.04. The monoisotopic (exact) mass is 400 g/mol. The van der Waals surface area contributed by atoms with Crippen LogP contribution in [0.3, 0.4) is 0 Å². The summed E-state index contributed by atoms with van der Waals surface area (Å²) < 4.78 is 0. The van der Waals surface area contributed by atoms with E-state index >= 15 is 0 Å². The summed E-state index contributed by atoms with van der Waals surface area (Å²) in [5.74, 6) is 0.315. The Morgan fingerprint density at radius 2 is 1.07 bits per heavy atom. The Hall–Kier alpha value is -1.70. The first-order chi connectivity index (χ1) is 14.2. The zero-order chi connectivity index (χ0) is 21.0. The van der Waals surface area contributed by atoms with Gasteiger partial charge in [0.15, 0.2) is 0 Å². The van der Waals surface area contributed by atoms with Gasteiger partial charge in [-0.3, -0.25) is 0 Å². The summed E-state index contributed by atoms with van der Waals surface area (Å²) in [5, 5.41) is 19.0. The zero-order valence-electron chi connectivity index (χ0n) is 18.7. The maximum Gasteiger partial charge on any atom is 0.119 e. The highest BCUT2D eigenvalue weighted by molar-refractivity contribution is 5.36. The van der Waals surface area contributed by atoms with Crippen LogP contribution < -0.4 is 0 Å². The van der Waals surface area contributed by atoms with Crippen molar-refractivity contribution < 1.29 is 10.2 Å². The molecule has 1 rings (SSSR count). The molecule has 0 spiro atoms. The van der Waals surface area contributed by atoms with Crippen LogP contribution in [0.15, 0.2) is 42.5 Å². The molecule has 0 aliphatic rings.